The lowest BCUT2D eigenvalue weighted by molar-refractivity contribution is -0.127. The molecule has 0 unspecified atom stereocenters. The Kier molecular flexibility index (Phi) is 1.97. The van der Waals surface area contributed by atoms with Crippen molar-refractivity contribution in [2.75, 3.05) is 44.0 Å². The first-order valence-electron chi connectivity index (χ1n) is 5.34. The molecule has 1 aromatic heterocycles. The minimum Gasteiger partial charge on any atom is -0.492 e. The second-order valence-corrected chi connectivity index (χ2v) is 4.63. The van der Waals surface area contributed by atoms with Crippen molar-refractivity contribution in [3.63, 3.8) is 0 Å². The van der Waals surface area contributed by atoms with E-state index in [9.17, 15) is 0 Å². The summed E-state index contributed by atoms with van der Waals surface area (Å²) in [5, 5.41) is 0. The summed E-state index contributed by atoms with van der Waals surface area (Å²) in [5.74, 6) is 0.727. The Morgan fingerprint density at radius 2 is 2.19 bits per heavy atom. The number of ether oxygens (including phenoxy) is 2. The van der Waals surface area contributed by atoms with Crippen LogP contribution in [0.5, 0.6) is 5.75 Å². The second kappa shape index (κ2) is 3.25. The van der Waals surface area contributed by atoms with E-state index in [0.29, 0.717) is 11.1 Å². The zero-order valence-electron chi connectivity index (χ0n) is 9.27. The molecule has 2 aliphatic heterocycles. The molecule has 0 aromatic carbocycles. The lowest BCUT2D eigenvalue weighted by Gasteiger charge is -2.56. The smallest absolute Gasteiger partial charge is 0.168 e. The van der Waals surface area contributed by atoms with Crippen molar-refractivity contribution in [1.29, 1.82) is 0 Å². The summed E-state index contributed by atoms with van der Waals surface area (Å²) in [5.41, 5.74) is 7.78. The highest BCUT2D eigenvalue weighted by Gasteiger charge is 2.49. The second-order valence-electron chi connectivity index (χ2n) is 4.63. The minimum absolute atomic E-state index is 0.385. The average molecular weight is 221 g/mol. The number of rotatable bonds is 2. The third kappa shape index (κ3) is 1.24. The molecule has 16 heavy (non-hydrogen) atoms. The van der Waals surface area contributed by atoms with Crippen molar-refractivity contribution < 1.29 is 9.47 Å². The number of pyridine rings is 1. The van der Waals surface area contributed by atoms with Crippen LogP contribution in [-0.4, -0.2) is 38.4 Å². The maximum atomic E-state index is 5.82. The molecule has 0 radical (unpaired) electrons. The highest BCUT2D eigenvalue weighted by atomic mass is 16.5. The third-order valence-electron chi connectivity index (χ3n) is 3.32. The number of anilines is 2. The normalized spacial score (nSPS) is 21.4. The molecule has 0 saturated carbocycles. The molecule has 0 bridgehead atoms. The van der Waals surface area contributed by atoms with Crippen LogP contribution in [0.4, 0.5) is 11.4 Å². The molecule has 2 fully saturated rings. The zero-order chi connectivity index (χ0) is 11.2. The van der Waals surface area contributed by atoms with Crippen LogP contribution in [0.2, 0.25) is 0 Å². The van der Waals surface area contributed by atoms with Crippen molar-refractivity contribution >= 4 is 11.4 Å². The average Bonchev–Trinajstić information content (AvgIpc) is 2.13. The highest BCUT2D eigenvalue weighted by molar-refractivity contribution is 5.69. The van der Waals surface area contributed by atoms with Crippen LogP contribution >= 0.6 is 0 Å². The summed E-state index contributed by atoms with van der Waals surface area (Å²) in [6, 6.07) is 0. The molecule has 5 heteroatoms. The van der Waals surface area contributed by atoms with E-state index in [4.69, 9.17) is 15.2 Å². The van der Waals surface area contributed by atoms with Crippen LogP contribution in [0.15, 0.2) is 12.4 Å². The number of nitrogen functional groups attached to an aromatic ring is 1. The number of methoxy groups -OCH3 is 1. The molecule has 2 saturated heterocycles. The van der Waals surface area contributed by atoms with Crippen LogP contribution in [-0.2, 0) is 4.74 Å². The fourth-order valence-corrected chi connectivity index (χ4v) is 2.41. The van der Waals surface area contributed by atoms with Gasteiger partial charge in [0.15, 0.2) is 5.75 Å². The first-order chi connectivity index (χ1) is 7.74. The molecule has 2 N–H and O–H groups in total. The van der Waals surface area contributed by atoms with E-state index < -0.39 is 0 Å². The van der Waals surface area contributed by atoms with Gasteiger partial charge in [-0.3, -0.25) is 4.98 Å². The Bertz CT molecular complexity index is 410. The van der Waals surface area contributed by atoms with Gasteiger partial charge in [0.1, 0.15) is 5.69 Å². The molecular formula is C11H15N3O2. The summed E-state index contributed by atoms with van der Waals surface area (Å²) in [6.45, 7) is 3.77. The van der Waals surface area contributed by atoms with Crippen LogP contribution in [0.3, 0.4) is 0 Å². The largest absolute Gasteiger partial charge is 0.492 e. The summed E-state index contributed by atoms with van der Waals surface area (Å²) in [6.07, 6.45) is 3.42. The van der Waals surface area contributed by atoms with Gasteiger partial charge in [-0.1, -0.05) is 0 Å². The zero-order valence-corrected chi connectivity index (χ0v) is 9.27. The fourth-order valence-electron chi connectivity index (χ4n) is 2.41. The van der Waals surface area contributed by atoms with E-state index in [1.165, 1.54) is 0 Å². The Morgan fingerprint density at radius 3 is 2.75 bits per heavy atom. The minimum atomic E-state index is 0.385. The first kappa shape index (κ1) is 9.72. The predicted octanol–water partition coefficient (Wildman–Crippen LogP) is 0.509. The standard InChI is InChI=1S/C11H15N3O2/c1-15-10-8(12)2-13-3-9(10)14-4-11(5-14)6-16-7-11/h2-3H,4-7,12H2,1H3. The number of nitrogens with zero attached hydrogens (tertiary/aromatic N) is 2. The maximum absolute atomic E-state index is 5.82. The summed E-state index contributed by atoms with van der Waals surface area (Å²) < 4.78 is 10.6. The van der Waals surface area contributed by atoms with Gasteiger partial charge in [-0.25, -0.2) is 0 Å². The lowest BCUT2D eigenvalue weighted by Crippen LogP contribution is -2.66. The van der Waals surface area contributed by atoms with Gasteiger partial charge < -0.3 is 20.1 Å². The lowest BCUT2D eigenvalue weighted by atomic mass is 9.78. The van der Waals surface area contributed by atoms with Gasteiger partial charge >= 0.3 is 0 Å². The van der Waals surface area contributed by atoms with Crippen molar-refractivity contribution in [1.82, 2.24) is 4.98 Å². The fraction of sp³-hybridized carbons (Fsp3) is 0.545. The van der Waals surface area contributed by atoms with Crippen molar-refractivity contribution in [3.05, 3.63) is 12.4 Å². The molecule has 3 heterocycles. The van der Waals surface area contributed by atoms with Crippen LogP contribution in [0.1, 0.15) is 0 Å². The Hall–Kier alpha value is -1.49. The summed E-state index contributed by atoms with van der Waals surface area (Å²) in [4.78, 5) is 6.35. The number of hydrogen-bond acceptors (Lipinski definition) is 5. The molecule has 0 atom stereocenters. The van der Waals surface area contributed by atoms with Gasteiger partial charge in [-0.05, 0) is 0 Å². The Morgan fingerprint density at radius 1 is 1.44 bits per heavy atom. The van der Waals surface area contributed by atoms with Crippen molar-refractivity contribution in [2.24, 2.45) is 5.41 Å². The van der Waals surface area contributed by atoms with E-state index in [0.717, 1.165) is 37.7 Å². The molecule has 1 aromatic rings. The topological polar surface area (TPSA) is 60.6 Å². The molecule has 0 aliphatic carbocycles. The first-order valence-corrected chi connectivity index (χ1v) is 5.34. The number of nitrogens with two attached hydrogens (primary N) is 1. The van der Waals surface area contributed by atoms with Gasteiger partial charge in [0.05, 0.1) is 43.8 Å². The van der Waals surface area contributed by atoms with Gasteiger partial charge in [0.2, 0.25) is 0 Å². The van der Waals surface area contributed by atoms with Gasteiger partial charge in [0, 0.05) is 13.1 Å². The highest BCUT2D eigenvalue weighted by Crippen LogP contribution is 2.44. The van der Waals surface area contributed by atoms with E-state index in [1.807, 2.05) is 6.20 Å². The summed E-state index contributed by atoms with van der Waals surface area (Å²) >= 11 is 0. The Labute approximate surface area is 94.2 Å². The van der Waals surface area contributed by atoms with E-state index in [1.54, 1.807) is 13.3 Å². The van der Waals surface area contributed by atoms with Crippen LogP contribution < -0.4 is 15.4 Å². The maximum Gasteiger partial charge on any atom is 0.168 e. The van der Waals surface area contributed by atoms with E-state index in [-0.39, 0.29) is 0 Å². The molecule has 0 amide bonds. The molecule has 1 spiro atoms. The summed E-state index contributed by atoms with van der Waals surface area (Å²) in [7, 11) is 1.64. The van der Waals surface area contributed by atoms with Gasteiger partial charge in [0.25, 0.3) is 0 Å². The number of hydrogen-bond donors (Lipinski definition) is 1. The SMILES string of the molecule is COc1c(N)cncc1N1CC2(COC2)C1. The number of aromatic nitrogens is 1. The molecular weight excluding hydrogens is 206 g/mol. The third-order valence-corrected chi connectivity index (χ3v) is 3.32. The monoisotopic (exact) mass is 221 g/mol. The van der Waals surface area contributed by atoms with Crippen LogP contribution in [0, 0.1) is 5.41 Å². The van der Waals surface area contributed by atoms with E-state index in [2.05, 4.69) is 9.88 Å². The molecule has 3 rings (SSSR count). The van der Waals surface area contributed by atoms with Gasteiger partial charge in [-0.15, -0.1) is 0 Å². The molecule has 2 aliphatic rings. The molecule has 5 nitrogen and oxygen atoms in total. The Balaban J connectivity index is 1.82. The molecule has 86 valence electrons. The van der Waals surface area contributed by atoms with Crippen molar-refractivity contribution in [3.8, 4) is 5.75 Å². The van der Waals surface area contributed by atoms with Crippen LogP contribution in [0.25, 0.3) is 0 Å². The van der Waals surface area contributed by atoms with Crippen molar-refractivity contribution in [2.45, 2.75) is 0 Å². The van der Waals surface area contributed by atoms with E-state index >= 15 is 0 Å². The predicted molar refractivity (Wildman–Crippen MR) is 60.7 cm³/mol. The van der Waals surface area contributed by atoms with Gasteiger partial charge in [-0.2, -0.15) is 0 Å². The quantitative estimate of drug-likeness (QED) is 0.788.